The van der Waals surface area contributed by atoms with Crippen molar-refractivity contribution in [3.8, 4) is 0 Å². The number of nitrogens with zero attached hydrogens (tertiary/aromatic N) is 2. The second-order valence-corrected chi connectivity index (χ2v) is 3.44. The maximum Gasteiger partial charge on any atom is 0.269 e. The van der Waals surface area contributed by atoms with Gasteiger partial charge in [0.1, 0.15) is 5.69 Å². The summed E-state index contributed by atoms with van der Waals surface area (Å²) in [6, 6.07) is 5.39. The third-order valence-corrected chi connectivity index (χ3v) is 2.26. The molecule has 1 amide bonds. The molecular weight excluding hydrogens is 218 g/mol. The monoisotopic (exact) mass is 231 g/mol. The van der Waals surface area contributed by atoms with Crippen molar-refractivity contribution >= 4 is 11.6 Å². The molecule has 0 saturated carbocycles. The Labute approximate surface area is 98.5 Å². The van der Waals surface area contributed by atoms with E-state index in [1.165, 1.54) is 0 Å². The van der Waals surface area contributed by atoms with E-state index in [1.54, 1.807) is 25.5 Å². The van der Waals surface area contributed by atoms with Crippen LogP contribution in [0.3, 0.4) is 0 Å². The Morgan fingerprint density at radius 2 is 2.29 bits per heavy atom. The van der Waals surface area contributed by atoms with E-state index in [0.29, 0.717) is 12.2 Å². The topological polar surface area (TPSA) is 82.7 Å². The van der Waals surface area contributed by atoms with Crippen molar-refractivity contribution in [3.63, 3.8) is 0 Å². The number of rotatable bonds is 4. The van der Waals surface area contributed by atoms with Crippen molar-refractivity contribution in [2.75, 3.05) is 12.4 Å². The van der Waals surface area contributed by atoms with E-state index in [-0.39, 0.29) is 5.91 Å². The van der Waals surface area contributed by atoms with Gasteiger partial charge in [-0.1, -0.05) is 0 Å². The molecule has 6 heteroatoms. The zero-order chi connectivity index (χ0) is 12.1. The molecule has 0 radical (unpaired) electrons. The molecule has 0 atom stereocenters. The van der Waals surface area contributed by atoms with Crippen LogP contribution in [0.2, 0.25) is 0 Å². The Hall–Kier alpha value is -2.37. The average Bonchev–Trinajstić information content (AvgIpc) is 2.89. The molecule has 6 nitrogen and oxygen atoms in total. The number of carbonyl (C=O) groups excluding carboxylic acids is 1. The lowest BCUT2D eigenvalue weighted by molar-refractivity contribution is 0.0958. The van der Waals surface area contributed by atoms with Crippen LogP contribution in [0.25, 0.3) is 0 Å². The molecule has 0 fully saturated rings. The molecule has 2 aromatic heterocycles. The van der Waals surface area contributed by atoms with Gasteiger partial charge in [-0.25, -0.2) is 0 Å². The number of hydrogen-bond acceptors (Lipinski definition) is 4. The Bertz CT molecular complexity index is 494. The fourth-order valence-electron chi connectivity index (χ4n) is 1.37. The van der Waals surface area contributed by atoms with E-state index in [1.807, 2.05) is 12.1 Å². The molecule has 88 valence electrons. The minimum atomic E-state index is -0.199. The van der Waals surface area contributed by atoms with Gasteiger partial charge in [-0.2, -0.15) is 5.10 Å². The Morgan fingerprint density at radius 3 is 3.00 bits per heavy atom. The molecule has 0 aliphatic carbocycles. The molecule has 2 aromatic rings. The van der Waals surface area contributed by atoms with E-state index in [0.717, 1.165) is 11.4 Å². The number of aromatic amines is 1. The summed E-state index contributed by atoms with van der Waals surface area (Å²) in [6.45, 7) is 0.622. The lowest BCUT2D eigenvalue weighted by atomic mass is 10.3. The zero-order valence-corrected chi connectivity index (χ0v) is 9.40. The summed E-state index contributed by atoms with van der Waals surface area (Å²) in [6.07, 6.45) is 3.29. The van der Waals surface area contributed by atoms with Gasteiger partial charge in [0.25, 0.3) is 5.91 Å². The minimum absolute atomic E-state index is 0.199. The molecule has 0 aliphatic heterocycles. The number of nitrogens with one attached hydrogen (secondary N) is 3. The number of anilines is 1. The van der Waals surface area contributed by atoms with E-state index < -0.39 is 0 Å². The van der Waals surface area contributed by atoms with Crippen molar-refractivity contribution in [2.24, 2.45) is 0 Å². The molecule has 2 heterocycles. The van der Waals surface area contributed by atoms with Crippen LogP contribution in [0.4, 0.5) is 5.69 Å². The Morgan fingerprint density at radius 1 is 1.41 bits per heavy atom. The van der Waals surface area contributed by atoms with E-state index in [4.69, 9.17) is 0 Å². The van der Waals surface area contributed by atoms with Crippen molar-refractivity contribution in [1.82, 2.24) is 20.5 Å². The van der Waals surface area contributed by atoms with E-state index in [9.17, 15) is 4.79 Å². The Kier molecular flexibility index (Phi) is 3.34. The van der Waals surface area contributed by atoms with Gasteiger partial charge in [-0.05, 0) is 18.2 Å². The number of aromatic nitrogens is 3. The van der Waals surface area contributed by atoms with Gasteiger partial charge in [-0.15, -0.1) is 0 Å². The second kappa shape index (κ2) is 5.11. The van der Waals surface area contributed by atoms with Crippen LogP contribution in [0, 0.1) is 0 Å². The number of H-pyrrole nitrogens is 1. The van der Waals surface area contributed by atoms with E-state index >= 15 is 0 Å². The molecule has 17 heavy (non-hydrogen) atoms. The smallest absolute Gasteiger partial charge is 0.269 e. The first-order valence-electron chi connectivity index (χ1n) is 5.20. The Balaban J connectivity index is 2.03. The first kappa shape index (κ1) is 11.1. The highest BCUT2D eigenvalue weighted by atomic mass is 16.1. The molecule has 0 unspecified atom stereocenters. The lowest BCUT2D eigenvalue weighted by Crippen LogP contribution is -2.19. The summed E-state index contributed by atoms with van der Waals surface area (Å²) in [4.78, 5) is 15.4. The normalized spacial score (nSPS) is 9.94. The first-order valence-corrected chi connectivity index (χ1v) is 5.20. The molecule has 3 N–H and O–H groups in total. The number of amides is 1. The predicted octanol–water partition coefficient (Wildman–Crippen LogP) is 0.776. The zero-order valence-electron chi connectivity index (χ0n) is 9.40. The molecular formula is C11H13N5O. The maximum atomic E-state index is 11.4. The molecule has 0 aliphatic rings. The highest BCUT2D eigenvalue weighted by Gasteiger charge is 2.05. The van der Waals surface area contributed by atoms with Gasteiger partial charge < -0.3 is 10.6 Å². The standard InChI is InChI=1S/C11H13N5O/c1-12-11(17)10-6-8(2-4-13-10)14-7-9-3-5-15-16-9/h2-6H,7H2,1H3,(H,12,17)(H,13,14)(H,15,16). The molecule has 2 rings (SSSR count). The van der Waals surface area contributed by atoms with Crippen LogP contribution in [0.15, 0.2) is 30.6 Å². The quantitative estimate of drug-likeness (QED) is 0.726. The number of carbonyl (C=O) groups is 1. The third kappa shape index (κ3) is 2.81. The van der Waals surface area contributed by atoms with Crippen LogP contribution in [-0.4, -0.2) is 28.1 Å². The highest BCUT2D eigenvalue weighted by molar-refractivity contribution is 5.92. The predicted molar refractivity (Wildman–Crippen MR) is 63.5 cm³/mol. The van der Waals surface area contributed by atoms with Gasteiger partial charge in [0.05, 0.1) is 12.2 Å². The van der Waals surface area contributed by atoms with Gasteiger partial charge in [0.15, 0.2) is 0 Å². The minimum Gasteiger partial charge on any atom is -0.379 e. The number of hydrogen-bond donors (Lipinski definition) is 3. The van der Waals surface area contributed by atoms with Crippen molar-refractivity contribution in [1.29, 1.82) is 0 Å². The van der Waals surface area contributed by atoms with Crippen LogP contribution in [0.1, 0.15) is 16.2 Å². The summed E-state index contributed by atoms with van der Waals surface area (Å²) in [5.74, 6) is -0.199. The van der Waals surface area contributed by atoms with Gasteiger partial charge >= 0.3 is 0 Å². The SMILES string of the molecule is CNC(=O)c1cc(NCc2ccn[nH]2)ccn1. The second-order valence-electron chi connectivity index (χ2n) is 3.44. The van der Waals surface area contributed by atoms with Crippen molar-refractivity contribution in [2.45, 2.75) is 6.54 Å². The molecule has 0 spiro atoms. The summed E-state index contributed by atoms with van der Waals surface area (Å²) in [5.41, 5.74) is 2.21. The first-order chi connectivity index (χ1) is 8.29. The third-order valence-electron chi connectivity index (χ3n) is 2.26. The maximum absolute atomic E-state index is 11.4. The van der Waals surface area contributed by atoms with E-state index in [2.05, 4.69) is 25.8 Å². The van der Waals surface area contributed by atoms with Gasteiger partial charge in [0, 0.05) is 25.1 Å². The summed E-state index contributed by atoms with van der Waals surface area (Å²) in [5, 5.41) is 12.4. The largest absolute Gasteiger partial charge is 0.379 e. The van der Waals surface area contributed by atoms with Crippen molar-refractivity contribution in [3.05, 3.63) is 42.0 Å². The van der Waals surface area contributed by atoms with Crippen LogP contribution in [0.5, 0.6) is 0 Å². The van der Waals surface area contributed by atoms with Crippen molar-refractivity contribution < 1.29 is 4.79 Å². The summed E-state index contributed by atoms with van der Waals surface area (Å²) < 4.78 is 0. The molecule has 0 bridgehead atoms. The van der Waals surface area contributed by atoms with Gasteiger partial charge in [0.2, 0.25) is 0 Å². The van der Waals surface area contributed by atoms with Crippen LogP contribution < -0.4 is 10.6 Å². The van der Waals surface area contributed by atoms with Crippen LogP contribution in [-0.2, 0) is 6.54 Å². The van der Waals surface area contributed by atoms with Crippen LogP contribution >= 0.6 is 0 Å². The number of pyridine rings is 1. The summed E-state index contributed by atoms with van der Waals surface area (Å²) in [7, 11) is 1.58. The lowest BCUT2D eigenvalue weighted by Gasteiger charge is -2.06. The fraction of sp³-hybridized carbons (Fsp3) is 0.182. The summed E-state index contributed by atoms with van der Waals surface area (Å²) >= 11 is 0. The fourth-order valence-corrected chi connectivity index (χ4v) is 1.37. The molecule has 0 saturated heterocycles. The highest BCUT2D eigenvalue weighted by Crippen LogP contribution is 2.09. The average molecular weight is 231 g/mol. The molecule has 0 aromatic carbocycles. The van der Waals surface area contributed by atoms with Gasteiger partial charge in [-0.3, -0.25) is 14.9 Å².